The molecule has 1 fully saturated rings. The highest BCUT2D eigenvalue weighted by molar-refractivity contribution is 5.88. The van der Waals surface area contributed by atoms with Crippen LogP contribution in [0.1, 0.15) is 77.5 Å². The third-order valence-electron chi connectivity index (χ3n) is 9.41. The molecule has 1 aliphatic heterocycles. The molecule has 5 aromatic rings. The Hall–Kier alpha value is -5.99. The number of aromatic nitrogens is 5. The molecule has 0 radical (unpaired) electrons. The number of alkyl carbamates (subject to hydrolysis) is 2. The van der Waals surface area contributed by atoms with Crippen molar-refractivity contribution in [2.24, 2.45) is 5.92 Å². The fraction of sp³-hybridized carbons (Fsp3) is 0.439. The van der Waals surface area contributed by atoms with Crippen molar-refractivity contribution in [3.63, 3.8) is 0 Å². The Labute approximate surface area is 326 Å². The van der Waals surface area contributed by atoms with E-state index in [0.717, 1.165) is 88.2 Å². The first kappa shape index (κ1) is 41.2. The van der Waals surface area contributed by atoms with Gasteiger partial charge in [0.05, 0.1) is 60.9 Å². The van der Waals surface area contributed by atoms with E-state index in [1.54, 1.807) is 0 Å². The van der Waals surface area contributed by atoms with E-state index in [1.165, 1.54) is 20.6 Å². The minimum atomic E-state index is -0.694. The monoisotopic (exact) mass is 767 g/mol. The predicted octanol–water partition coefficient (Wildman–Crippen LogP) is 6.42. The number of aromatic amines is 2. The molecule has 1 aliphatic rings. The fourth-order valence-electron chi connectivity index (χ4n) is 6.56. The molecule has 5 N–H and O–H groups in total. The highest BCUT2D eigenvalue weighted by Crippen LogP contribution is 2.34. The number of rotatable bonds is 13. The van der Waals surface area contributed by atoms with Crippen molar-refractivity contribution < 1.29 is 28.7 Å². The number of carbonyl (C=O) groups excluding carboxylic acids is 4. The first-order valence-corrected chi connectivity index (χ1v) is 19.2. The van der Waals surface area contributed by atoms with Gasteiger partial charge in [0.2, 0.25) is 11.8 Å². The molecule has 56 heavy (non-hydrogen) atoms. The van der Waals surface area contributed by atoms with Crippen LogP contribution in [0.3, 0.4) is 0 Å². The number of unbranched alkanes of at least 4 members (excludes halogenated alkanes) is 1. The second-order valence-electron chi connectivity index (χ2n) is 14.1. The number of H-pyrrole nitrogens is 2. The Bertz CT molecular complexity index is 2130. The van der Waals surface area contributed by atoms with Gasteiger partial charge in [-0.25, -0.2) is 24.5 Å². The number of methoxy groups -OCH3 is 2. The molecule has 3 aromatic heterocycles. The molecule has 2 unspecified atom stereocenters. The van der Waals surface area contributed by atoms with Gasteiger partial charge < -0.3 is 40.3 Å². The molecule has 0 spiro atoms. The van der Waals surface area contributed by atoms with Crippen LogP contribution in [-0.4, -0.2) is 93.7 Å². The van der Waals surface area contributed by atoms with Crippen molar-refractivity contribution in [2.45, 2.75) is 78.3 Å². The molecule has 0 bridgehead atoms. The number of hydrogen-bond acceptors (Lipinski definition) is 9. The molecule has 1 saturated heterocycles. The van der Waals surface area contributed by atoms with Gasteiger partial charge in [-0.1, -0.05) is 52.3 Å². The van der Waals surface area contributed by atoms with Crippen LogP contribution in [-0.2, 0) is 25.5 Å². The summed E-state index contributed by atoms with van der Waals surface area (Å²) in [4.78, 5) is 71.4. The van der Waals surface area contributed by atoms with Crippen LogP contribution in [0.4, 0.5) is 9.59 Å². The maximum atomic E-state index is 13.6. The zero-order chi connectivity index (χ0) is 40.2. The molecule has 6 rings (SSSR count). The lowest BCUT2D eigenvalue weighted by atomic mass is 10.0. The summed E-state index contributed by atoms with van der Waals surface area (Å²) in [6, 6.07) is 15.3. The highest BCUT2D eigenvalue weighted by Gasteiger charge is 2.37. The van der Waals surface area contributed by atoms with Gasteiger partial charge in [-0.3, -0.25) is 9.59 Å². The van der Waals surface area contributed by atoms with Crippen molar-refractivity contribution in [2.75, 3.05) is 33.9 Å². The van der Waals surface area contributed by atoms with Crippen LogP contribution < -0.4 is 16.0 Å². The lowest BCUT2D eigenvalue weighted by Crippen LogP contribution is -2.51. The number of imidazole rings is 2. The maximum absolute atomic E-state index is 13.6. The fourth-order valence-corrected chi connectivity index (χ4v) is 6.56. The summed E-state index contributed by atoms with van der Waals surface area (Å²) in [5.74, 6) is 1.07. The Morgan fingerprint density at radius 1 is 0.893 bits per heavy atom. The predicted molar refractivity (Wildman–Crippen MR) is 215 cm³/mol. The molecular weight excluding hydrogens is 715 g/mol. The van der Waals surface area contributed by atoms with E-state index >= 15 is 0 Å². The Balaban J connectivity index is 0.00000194. The first-order valence-electron chi connectivity index (χ1n) is 19.2. The Morgan fingerprint density at radius 3 is 2.39 bits per heavy atom. The summed E-state index contributed by atoms with van der Waals surface area (Å²) in [6.45, 7) is 9.02. The summed E-state index contributed by atoms with van der Waals surface area (Å²) in [7, 11) is 2.54. The van der Waals surface area contributed by atoms with Crippen molar-refractivity contribution in [1.29, 1.82) is 0 Å². The van der Waals surface area contributed by atoms with E-state index in [0.29, 0.717) is 13.1 Å². The third-order valence-corrected chi connectivity index (χ3v) is 9.41. The third kappa shape index (κ3) is 10.4. The quantitative estimate of drug-likeness (QED) is 0.0840. The summed E-state index contributed by atoms with van der Waals surface area (Å²) in [5, 5.41) is 8.82. The summed E-state index contributed by atoms with van der Waals surface area (Å²) < 4.78 is 9.21. The second-order valence-corrected chi connectivity index (χ2v) is 14.1. The van der Waals surface area contributed by atoms with E-state index < -0.39 is 18.2 Å². The van der Waals surface area contributed by atoms with E-state index in [9.17, 15) is 19.2 Å². The molecule has 15 nitrogen and oxygen atoms in total. The van der Waals surface area contributed by atoms with Crippen LogP contribution in [0, 0.1) is 5.92 Å². The lowest BCUT2D eigenvalue weighted by molar-refractivity contribution is -0.135. The van der Waals surface area contributed by atoms with Gasteiger partial charge in [0.25, 0.3) is 0 Å². The molecule has 0 aliphatic carbocycles. The van der Waals surface area contributed by atoms with Gasteiger partial charge >= 0.3 is 12.2 Å². The number of hydrogen-bond donors (Lipinski definition) is 5. The zero-order valence-corrected chi connectivity index (χ0v) is 33.0. The van der Waals surface area contributed by atoms with Crippen LogP contribution in [0.5, 0.6) is 0 Å². The van der Waals surface area contributed by atoms with Crippen LogP contribution >= 0.6 is 0 Å². The van der Waals surface area contributed by atoms with Crippen molar-refractivity contribution in [1.82, 2.24) is 45.8 Å². The van der Waals surface area contributed by atoms with Crippen molar-refractivity contribution >= 4 is 45.9 Å². The molecule has 0 saturated carbocycles. The number of fused-ring (bicyclic) bond motifs is 2. The van der Waals surface area contributed by atoms with Crippen LogP contribution in [0.15, 0.2) is 54.7 Å². The number of nitrogens with one attached hydrogen (secondary N) is 5. The average Bonchev–Trinajstić information content (AvgIpc) is 3.98. The summed E-state index contributed by atoms with van der Waals surface area (Å²) >= 11 is 0. The molecule has 15 heteroatoms. The van der Waals surface area contributed by atoms with Crippen LogP contribution in [0.2, 0.25) is 0 Å². The molecular formula is C41H53N9O6. The molecule has 4 amide bonds. The minimum absolute atomic E-state index is 0.109. The first-order chi connectivity index (χ1) is 27.0. The van der Waals surface area contributed by atoms with Gasteiger partial charge in [0.15, 0.2) is 0 Å². The SMILES string of the molecule is CCC.COC(=O)NCC(=O)NCCCCc1ncc(-c2ccc3nc(-c4ccc5nc(C6CCCN6C(=O)C(NC(=O)OC)C(C)C)[nH]c5c4)ccc3c2)[nH]1. The molecule has 298 valence electrons. The smallest absolute Gasteiger partial charge is 0.407 e. The van der Waals surface area contributed by atoms with Gasteiger partial charge in [-0.15, -0.1) is 0 Å². The van der Waals surface area contributed by atoms with Crippen molar-refractivity contribution in [3.05, 3.63) is 66.4 Å². The minimum Gasteiger partial charge on any atom is -0.453 e. The zero-order valence-electron chi connectivity index (χ0n) is 33.0. The average molecular weight is 768 g/mol. The largest absolute Gasteiger partial charge is 0.453 e. The van der Waals surface area contributed by atoms with Gasteiger partial charge in [0, 0.05) is 36.0 Å². The van der Waals surface area contributed by atoms with E-state index in [-0.39, 0.29) is 30.3 Å². The summed E-state index contributed by atoms with van der Waals surface area (Å²) in [5.41, 5.74) is 6.21. The standard InChI is InChI=1S/C38H45N9O6.C3H8/c1-22(2)34(46-38(51)53-4)36(49)47-17-7-8-31(47)35-44-28-15-12-25(19-29(28)45-35)27-13-10-23-18-24(11-14-26(23)42-27)30-20-40-32(43-30)9-5-6-16-39-33(48)21-41-37(50)52-3;1-3-2/h10-15,18-20,22,31,34H,5-9,16-17,21H2,1-4H3,(H,39,48)(H,40,43)(H,41,50)(H,44,45)(H,46,51);3H2,1-2H3. The normalized spacial score (nSPS) is 14.3. The Kier molecular flexibility index (Phi) is 14.4. The number of aryl methyl sites for hydroxylation is 1. The number of pyridine rings is 1. The number of benzene rings is 2. The number of nitrogens with zero attached hydrogens (tertiary/aromatic N) is 4. The van der Waals surface area contributed by atoms with Crippen LogP contribution in [0.25, 0.3) is 44.5 Å². The second kappa shape index (κ2) is 19.6. The van der Waals surface area contributed by atoms with Gasteiger partial charge in [-0.2, -0.15) is 0 Å². The number of ether oxygens (including phenoxy) is 2. The number of amides is 4. The molecule has 4 heterocycles. The topological polar surface area (TPSA) is 196 Å². The number of likely N-dealkylation sites (tertiary alicyclic amines) is 1. The summed E-state index contributed by atoms with van der Waals surface area (Å²) in [6.07, 6.45) is 5.77. The van der Waals surface area contributed by atoms with E-state index in [2.05, 4.69) is 61.6 Å². The van der Waals surface area contributed by atoms with Gasteiger partial charge in [-0.05, 0) is 61.9 Å². The highest BCUT2D eigenvalue weighted by atomic mass is 16.5. The van der Waals surface area contributed by atoms with E-state index in [4.69, 9.17) is 14.7 Å². The maximum Gasteiger partial charge on any atom is 0.407 e. The van der Waals surface area contributed by atoms with E-state index in [1.807, 2.05) is 61.3 Å². The molecule has 2 aromatic carbocycles. The number of carbonyl (C=O) groups is 4. The Morgan fingerprint density at radius 2 is 1.64 bits per heavy atom. The lowest BCUT2D eigenvalue weighted by Gasteiger charge is -2.29. The molecule has 2 atom stereocenters. The van der Waals surface area contributed by atoms with Crippen molar-refractivity contribution in [3.8, 4) is 22.5 Å². The van der Waals surface area contributed by atoms with Gasteiger partial charge in [0.1, 0.15) is 17.7 Å².